The van der Waals surface area contributed by atoms with E-state index in [1.54, 1.807) is 17.0 Å². The highest BCUT2D eigenvalue weighted by Gasteiger charge is 2.28. The van der Waals surface area contributed by atoms with Gasteiger partial charge >= 0.3 is 6.09 Å². The maximum Gasteiger partial charge on any atom is 0.410 e. The number of ether oxygens (including phenoxy) is 2. The van der Waals surface area contributed by atoms with Gasteiger partial charge in [0.25, 0.3) is 0 Å². The summed E-state index contributed by atoms with van der Waals surface area (Å²) in [6, 6.07) is 4.70. The third kappa shape index (κ3) is 5.74. The van der Waals surface area contributed by atoms with Crippen LogP contribution in [-0.4, -0.2) is 62.5 Å². The first-order chi connectivity index (χ1) is 13.3. The van der Waals surface area contributed by atoms with E-state index in [1.807, 2.05) is 20.8 Å². The first-order valence-electron chi connectivity index (χ1n) is 10.2. The summed E-state index contributed by atoms with van der Waals surface area (Å²) in [4.78, 5) is 16.3. The fraction of sp³-hybridized carbons (Fsp3) is 0.667. The van der Waals surface area contributed by atoms with E-state index in [9.17, 15) is 9.18 Å². The van der Waals surface area contributed by atoms with Crippen LogP contribution in [0.15, 0.2) is 18.2 Å². The molecule has 0 bridgehead atoms. The van der Waals surface area contributed by atoms with Crippen molar-refractivity contribution in [1.29, 1.82) is 0 Å². The van der Waals surface area contributed by atoms with Crippen molar-refractivity contribution in [3.05, 3.63) is 24.0 Å². The van der Waals surface area contributed by atoms with Crippen LogP contribution in [-0.2, 0) is 4.74 Å². The van der Waals surface area contributed by atoms with E-state index >= 15 is 0 Å². The standard InChI is InChI=1S/C21H32FN3O3/c1-21(2,3)28-20(26)25-10-4-5-16(14-25)15-27-19-7-6-17(22)13-18(19)24-11-8-23-9-12-24/h6-7,13,16,23H,4-5,8-12,14-15H2,1-3H3. The molecule has 1 amide bonds. The largest absolute Gasteiger partial charge is 0.491 e. The number of likely N-dealkylation sites (tertiary alicyclic amines) is 1. The lowest BCUT2D eigenvalue weighted by Crippen LogP contribution is -2.44. The number of nitrogens with zero attached hydrogens (tertiary/aromatic N) is 2. The molecule has 156 valence electrons. The van der Waals surface area contributed by atoms with Crippen LogP contribution in [0.2, 0.25) is 0 Å². The monoisotopic (exact) mass is 393 g/mol. The molecule has 1 atom stereocenters. The second kappa shape index (κ2) is 8.99. The zero-order valence-electron chi connectivity index (χ0n) is 17.2. The Bertz CT molecular complexity index is 671. The molecule has 6 nitrogen and oxygen atoms in total. The fourth-order valence-corrected chi connectivity index (χ4v) is 3.67. The molecule has 2 saturated heterocycles. The van der Waals surface area contributed by atoms with Crippen LogP contribution in [0.5, 0.6) is 5.75 Å². The molecule has 2 aliphatic rings. The van der Waals surface area contributed by atoms with Crippen LogP contribution >= 0.6 is 0 Å². The lowest BCUT2D eigenvalue weighted by molar-refractivity contribution is 0.0139. The Morgan fingerprint density at radius 2 is 2.00 bits per heavy atom. The number of piperidine rings is 1. The van der Waals surface area contributed by atoms with Gasteiger partial charge in [-0.3, -0.25) is 0 Å². The highest BCUT2D eigenvalue weighted by molar-refractivity contribution is 5.68. The van der Waals surface area contributed by atoms with Crippen molar-refractivity contribution in [3.63, 3.8) is 0 Å². The van der Waals surface area contributed by atoms with Crippen LogP contribution in [0.1, 0.15) is 33.6 Å². The Morgan fingerprint density at radius 1 is 1.25 bits per heavy atom. The third-order valence-electron chi connectivity index (χ3n) is 5.02. The third-order valence-corrected chi connectivity index (χ3v) is 5.02. The van der Waals surface area contributed by atoms with Gasteiger partial charge in [0, 0.05) is 51.3 Å². The van der Waals surface area contributed by atoms with Gasteiger partial charge in [-0.2, -0.15) is 0 Å². The molecule has 0 aromatic heterocycles. The van der Waals surface area contributed by atoms with Crippen molar-refractivity contribution in [2.75, 3.05) is 50.8 Å². The number of nitrogens with one attached hydrogen (secondary N) is 1. The minimum atomic E-state index is -0.493. The Labute approximate surface area is 167 Å². The molecule has 0 aliphatic carbocycles. The van der Waals surface area contributed by atoms with Crippen LogP contribution in [0, 0.1) is 11.7 Å². The van der Waals surface area contributed by atoms with Gasteiger partial charge in [-0.15, -0.1) is 0 Å². The SMILES string of the molecule is CC(C)(C)OC(=O)N1CCCC(COc2ccc(F)cc2N2CCNCC2)C1. The molecular formula is C21H32FN3O3. The molecule has 1 unspecified atom stereocenters. The average molecular weight is 394 g/mol. The molecule has 1 N–H and O–H groups in total. The number of rotatable bonds is 4. The molecule has 2 heterocycles. The highest BCUT2D eigenvalue weighted by atomic mass is 19.1. The molecule has 0 saturated carbocycles. The quantitative estimate of drug-likeness (QED) is 0.851. The molecule has 28 heavy (non-hydrogen) atoms. The summed E-state index contributed by atoms with van der Waals surface area (Å²) in [6.07, 6.45) is 1.67. The smallest absolute Gasteiger partial charge is 0.410 e. The summed E-state index contributed by atoms with van der Waals surface area (Å²) in [6.45, 7) is 10.9. The van der Waals surface area contributed by atoms with Crippen LogP contribution in [0.4, 0.5) is 14.9 Å². The molecule has 2 aliphatic heterocycles. The maximum absolute atomic E-state index is 13.8. The molecule has 2 fully saturated rings. The minimum Gasteiger partial charge on any atom is -0.491 e. The molecule has 7 heteroatoms. The van der Waals surface area contributed by atoms with Crippen molar-refractivity contribution >= 4 is 11.8 Å². The summed E-state index contributed by atoms with van der Waals surface area (Å²) in [5.41, 5.74) is 0.314. The van der Waals surface area contributed by atoms with Crippen molar-refractivity contribution in [2.24, 2.45) is 5.92 Å². The van der Waals surface area contributed by atoms with Gasteiger partial charge < -0.3 is 24.6 Å². The van der Waals surface area contributed by atoms with Crippen LogP contribution < -0.4 is 15.0 Å². The normalized spacial score (nSPS) is 20.8. The van der Waals surface area contributed by atoms with Crippen molar-refractivity contribution < 1.29 is 18.7 Å². The molecular weight excluding hydrogens is 361 g/mol. The summed E-state index contributed by atoms with van der Waals surface area (Å²) < 4.78 is 25.4. The average Bonchev–Trinajstić information content (AvgIpc) is 2.66. The van der Waals surface area contributed by atoms with Crippen LogP contribution in [0.25, 0.3) is 0 Å². The van der Waals surface area contributed by atoms with Gasteiger partial charge in [-0.1, -0.05) is 0 Å². The predicted molar refractivity (Wildman–Crippen MR) is 108 cm³/mol. The zero-order valence-corrected chi connectivity index (χ0v) is 17.2. The van der Waals surface area contributed by atoms with E-state index in [2.05, 4.69) is 10.2 Å². The number of amides is 1. The van der Waals surface area contributed by atoms with Gasteiger partial charge in [0.1, 0.15) is 17.2 Å². The van der Waals surface area contributed by atoms with Gasteiger partial charge in [0.15, 0.2) is 0 Å². The predicted octanol–water partition coefficient (Wildman–Crippen LogP) is 3.26. The number of hydrogen-bond donors (Lipinski definition) is 1. The molecule has 1 aromatic rings. The van der Waals surface area contributed by atoms with Crippen LogP contribution in [0.3, 0.4) is 0 Å². The summed E-state index contributed by atoms with van der Waals surface area (Å²) in [7, 11) is 0. The van der Waals surface area contributed by atoms with Crippen molar-refractivity contribution in [3.8, 4) is 5.75 Å². The minimum absolute atomic E-state index is 0.238. The molecule has 3 rings (SSSR count). The maximum atomic E-state index is 13.8. The van der Waals surface area contributed by atoms with Gasteiger partial charge in [-0.05, 0) is 45.7 Å². The highest BCUT2D eigenvalue weighted by Crippen LogP contribution is 2.31. The summed E-state index contributed by atoms with van der Waals surface area (Å²) in [5.74, 6) is 0.689. The number of anilines is 1. The lowest BCUT2D eigenvalue weighted by Gasteiger charge is -2.34. The van der Waals surface area contributed by atoms with Gasteiger partial charge in [-0.25, -0.2) is 9.18 Å². The molecule has 1 aromatic carbocycles. The Morgan fingerprint density at radius 3 is 2.71 bits per heavy atom. The molecule has 0 spiro atoms. The Balaban J connectivity index is 1.60. The number of halogens is 1. The first kappa shape index (κ1) is 20.7. The number of carbonyl (C=O) groups excluding carboxylic acids is 1. The van der Waals surface area contributed by atoms with Gasteiger partial charge in [0.05, 0.1) is 12.3 Å². The molecule has 0 radical (unpaired) electrons. The summed E-state index contributed by atoms with van der Waals surface area (Å²) >= 11 is 0. The Kier molecular flexibility index (Phi) is 6.65. The summed E-state index contributed by atoms with van der Waals surface area (Å²) in [5, 5.41) is 3.31. The van der Waals surface area contributed by atoms with E-state index in [0.29, 0.717) is 25.4 Å². The first-order valence-corrected chi connectivity index (χ1v) is 10.2. The van der Waals surface area contributed by atoms with E-state index < -0.39 is 5.60 Å². The van der Waals surface area contributed by atoms with E-state index in [4.69, 9.17) is 9.47 Å². The second-order valence-corrected chi connectivity index (χ2v) is 8.59. The second-order valence-electron chi connectivity index (χ2n) is 8.59. The number of carbonyl (C=O) groups is 1. The van der Waals surface area contributed by atoms with E-state index in [-0.39, 0.29) is 17.8 Å². The number of hydrogen-bond acceptors (Lipinski definition) is 5. The van der Waals surface area contributed by atoms with E-state index in [1.165, 1.54) is 6.07 Å². The fourth-order valence-electron chi connectivity index (χ4n) is 3.67. The Hall–Kier alpha value is -2.02. The van der Waals surface area contributed by atoms with E-state index in [0.717, 1.165) is 44.7 Å². The number of piperazine rings is 1. The number of benzene rings is 1. The lowest BCUT2D eigenvalue weighted by atomic mass is 9.99. The topological polar surface area (TPSA) is 54.0 Å². The van der Waals surface area contributed by atoms with Gasteiger partial charge in [0.2, 0.25) is 0 Å². The van der Waals surface area contributed by atoms with Crippen molar-refractivity contribution in [1.82, 2.24) is 10.2 Å². The zero-order chi connectivity index (χ0) is 20.1. The van der Waals surface area contributed by atoms with Crippen molar-refractivity contribution in [2.45, 2.75) is 39.2 Å².